The lowest BCUT2D eigenvalue weighted by molar-refractivity contribution is -0.150. The number of ether oxygens (including phenoxy) is 1. The number of anilines is 3. The Hall–Kier alpha value is -6.09. The van der Waals surface area contributed by atoms with Crippen LogP contribution in [0.2, 0.25) is 18.6 Å². The number of halogens is 1. The molecule has 1 spiro atoms. The van der Waals surface area contributed by atoms with Gasteiger partial charge in [-0.15, -0.1) is 0 Å². The van der Waals surface area contributed by atoms with E-state index in [1.54, 1.807) is 53.2 Å². The maximum Gasteiger partial charge on any atom is 0.264 e. The number of rotatable bonds is 12. The fraction of sp³-hybridized carbons (Fsp3) is 0.333. The average Bonchev–Trinajstić information content (AvgIpc) is 4.08. The highest BCUT2D eigenvalue weighted by molar-refractivity contribution is 6.72. The Morgan fingerprint density at radius 1 is 0.871 bits per heavy atom. The molecule has 4 aromatic carbocycles. The first kappa shape index (κ1) is 41.3. The van der Waals surface area contributed by atoms with Crippen molar-refractivity contribution in [3.8, 4) is 0 Å². The number of aromatic nitrogens is 2. The molecule has 12 nitrogen and oxygen atoms in total. The molecule has 4 amide bonds. The number of benzene rings is 4. The lowest BCUT2D eigenvalue weighted by atomic mass is 9.82. The number of hydrogen-bond donors (Lipinski definition) is 5. The van der Waals surface area contributed by atoms with Crippen LogP contribution in [0.15, 0.2) is 103 Å². The Morgan fingerprint density at radius 2 is 1.47 bits per heavy atom. The van der Waals surface area contributed by atoms with Crippen LogP contribution in [0.5, 0.6) is 0 Å². The first-order valence-electron chi connectivity index (χ1n) is 21.4. The predicted octanol–water partition coefficient (Wildman–Crippen LogP) is 7.71. The fourth-order valence-electron chi connectivity index (χ4n) is 10.3. The summed E-state index contributed by atoms with van der Waals surface area (Å²) in [6.45, 7) is 5.54. The second-order valence-electron chi connectivity index (χ2n) is 17.5. The maximum absolute atomic E-state index is 16.7. The molecule has 9 rings (SSSR count). The van der Waals surface area contributed by atoms with Crippen molar-refractivity contribution in [2.45, 2.75) is 82.0 Å². The Bertz CT molecular complexity index is 2690. The molecule has 2 fully saturated rings. The van der Waals surface area contributed by atoms with Crippen LogP contribution >= 0.6 is 0 Å². The van der Waals surface area contributed by atoms with Gasteiger partial charge in [-0.25, -0.2) is 0 Å². The summed E-state index contributed by atoms with van der Waals surface area (Å²) in [5, 5.41) is 17.9. The monoisotopic (exact) mass is 854 g/mol. The number of H-pyrrole nitrogens is 2. The van der Waals surface area contributed by atoms with Crippen molar-refractivity contribution in [2.75, 3.05) is 28.7 Å². The van der Waals surface area contributed by atoms with E-state index in [0.717, 1.165) is 44.9 Å². The molecule has 0 unspecified atom stereocenters. The van der Waals surface area contributed by atoms with Gasteiger partial charge in [0.25, 0.3) is 5.91 Å². The lowest BCUT2D eigenvalue weighted by Gasteiger charge is -2.31. The van der Waals surface area contributed by atoms with Crippen molar-refractivity contribution < 1.29 is 33.1 Å². The van der Waals surface area contributed by atoms with Gasteiger partial charge in [-0.1, -0.05) is 55.5 Å². The Labute approximate surface area is 360 Å². The van der Waals surface area contributed by atoms with E-state index in [0.29, 0.717) is 35.6 Å². The zero-order valence-corrected chi connectivity index (χ0v) is 36.0. The molecular formula is C48H51FN6O6Si. The van der Waals surface area contributed by atoms with E-state index in [9.17, 15) is 19.5 Å². The zero-order valence-electron chi connectivity index (χ0n) is 35.0. The molecule has 0 saturated carbocycles. The molecule has 0 aliphatic carbocycles. The van der Waals surface area contributed by atoms with Gasteiger partial charge in [-0.2, -0.15) is 0 Å². The number of para-hydroxylation sites is 2. The van der Waals surface area contributed by atoms with Crippen LogP contribution in [-0.4, -0.2) is 77.3 Å². The van der Waals surface area contributed by atoms with Crippen LogP contribution in [0.3, 0.4) is 0 Å². The molecule has 2 aromatic heterocycles. The molecule has 5 atom stereocenters. The minimum absolute atomic E-state index is 0.114. The minimum atomic E-state index is -3.60. The summed E-state index contributed by atoms with van der Waals surface area (Å²) in [5.74, 6) is -1.67. The van der Waals surface area contributed by atoms with E-state index < -0.39 is 31.6 Å². The van der Waals surface area contributed by atoms with Crippen LogP contribution < -0.4 is 15.5 Å². The van der Waals surface area contributed by atoms with Crippen LogP contribution in [0.4, 0.5) is 21.2 Å². The summed E-state index contributed by atoms with van der Waals surface area (Å²) in [6, 6.07) is 27.9. The smallest absolute Gasteiger partial charge is 0.264 e. The van der Waals surface area contributed by atoms with Crippen molar-refractivity contribution in [3.63, 3.8) is 0 Å². The number of carbonyl (C=O) groups excluding carboxylic acids is 4. The normalized spacial score (nSPS) is 22.2. The summed E-state index contributed by atoms with van der Waals surface area (Å²) in [5.41, 5.74) is 4.20. The molecule has 14 heteroatoms. The van der Waals surface area contributed by atoms with Crippen LogP contribution in [0, 0.1) is 5.92 Å². The number of nitrogens with one attached hydrogen (secondary N) is 4. The molecule has 320 valence electrons. The highest BCUT2D eigenvalue weighted by Gasteiger charge is 2.67. The van der Waals surface area contributed by atoms with Gasteiger partial charge in [-0.3, -0.25) is 19.2 Å². The molecule has 62 heavy (non-hydrogen) atoms. The van der Waals surface area contributed by atoms with Crippen molar-refractivity contribution in [3.05, 3.63) is 126 Å². The largest absolute Gasteiger partial charge is 0.394 e. The molecule has 5 heterocycles. The highest BCUT2D eigenvalue weighted by atomic mass is 28.4. The number of nitrogens with zero attached hydrogens (tertiary/aromatic N) is 2. The second-order valence-corrected chi connectivity index (χ2v) is 21.3. The van der Waals surface area contributed by atoms with Gasteiger partial charge in [0.05, 0.1) is 50.2 Å². The fourth-order valence-corrected chi connectivity index (χ4v) is 12.8. The van der Waals surface area contributed by atoms with E-state index in [-0.39, 0.29) is 62.1 Å². The Kier molecular flexibility index (Phi) is 10.9. The van der Waals surface area contributed by atoms with Crippen molar-refractivity contribution >= 4 is 70.9 Å². The summed E-state index contributed by atoms with van der Waals surface area (Å²) >= 11 is 0. The van der Waals surface area contributed by atoms with Gasteiger partial charge < -0.3 is 44.4 Å². The van der Waals surface area contributed by atoms with Crippen molar-refractivity contribution in [1.29, 1.82) is 0 Å². The van der Waals surface area contributed by atoms with Gasteiger partial charge in [0.1, 0.15) is 0 Å². The third-order valence-electron chi connectivity index (χ3n) is 13.2. The highest BCUT2D eigenvalue weighted by Crippen LogP contribution is 2.60. The molecule has 2 saturated heterocycles. The topological polar surface area (TPSA) is 160 Å². The first-order chi connectivity index (χ1) is 29.8. The summed E-state index contributed by atoms with van der Waals surface area (Å²) in [4.78, 5) is 65.4. The van der Waals surface area contributed by atoms with Gasteiger partial charge in [0.15, 0.2) is 5.60 Å². The summed E-state index contributed by atoms with van der Waals surface area (Å²) < 4.78 is 23.6. The van der Waals surface area contributed by atoms with E-state index >= 15 is 8.90 Å². The van der Waals surface area contributed by atoms with Crippen LogP contribution in [0.1, 0.15) is 48.4 Å². The third-order valence-corrected chi connectivity index (χ3v) is 15.6. The van der Waals surface area contributed by atoms with Crippen LogP contribution in [-0.2, 0) is 48.9 Å². The van der Waals surface area contributed by atoms with E-state index in [1.165, 1.54) is 0 Å². The van der Waals surface area contributed by atoms with Crippen molar-refractivity contribution in [1.82, 2.24) is 14.9 Å². The van der Waals surface area contributed by atoms with Crippen molar-refractivity contribution in [2.24, 2.45) is 5.92 Å². The Morgan fingerprint density at radius 3 is 2.08 bits per heavy atom. The maximum atomic E-state index is 16.7. The van der Waals surface area contributed by atoms with E-state index in [1.807, 2.05) is 80.0 Å². The third kappa shape index (κ3) is 7.49. The van der Waals surface area contributed by atoms with Crippen LogP contribution in [0.25, 0.3) is 21.8 Å². The second kappa shape index (κ2) is 16.3. The first-order valence-corrected chi connectivity index (χ1v) is 24.3. The average molecular weight is 855 g/mol. The molecule has 6 aromatic rings. The number of likely N-dealkylation sites (tertiary alicyclic amines) is 1. The number of aromatic amines is 2. The summed E-state index contributed by atoms with van der Waals surface area (Å²) in [6.07, 6.45) is 4.43. The number of aliphatic hydroxyl groups excluding tert-OH is 1. The molecule has 0 radical (unpaired) electrons. The molecule has 3 aliphatic heterocycles. The zero-order chi connectivity index (χ0) is 43.3. The summed E-state index contributed by atoms with van der Waals surface area (Å²) in [7, 11) is -3.60. The lowest BCUT2D eigenvalue weighted by Crippen LogP contribution is -2.45. The predicted molar refractivity (Wildman–Crippen MR) is 240 cm³/mol. The molecule has 0 bridgehead atoms. The quantitative estimate of drug-likeness (QED) is 0.0627. The molecule has 3 aliphatic rings. The molecular weight excluding hydrogens is 804 g/mol. The number of fused-ring (bicyclic) bond motifs is 4. The van der Waals surface area contributed by atoms with Gasteiger partial charge in [-0.05, 0) is 85.1 Å². The van der Waals surface area contributed by atoms with E-state index in [4.69, 9.17) is 4.74 Å². The minimum Gasteiger partial charge on any atom is -0.394 e. The van der Waals surface area contributed by atoms with Gasteiger partial charge in [0.2, 0.25) is 26.1 Å². The standard InChI is InChI=1S/C48H51FN6O6Si/c1-29-46(62(2,3)49)42(24-45(59)54-20-8-9-35(54)28-56)61-48(29)38-23-34(53-44(58)22-32-26-51-40-13-7-5-11-37(32)40)18-19-41(38)55(47(48)60)27-30-14-16-33(17-15-30)52-43(57)21-31-25-50-39-12-6-4-10-36(31)39/h4-7,10-19,23,25-26,29,35,42,46,50-51,56H,8-9,20-22,24,27-28H2,1-3H3,(H,52,57)(H,53,58)/t29-,35-,42+,46-,48+/m0/s1. The van der Waals surface area contributed by atoms with E-state index in [2.05, 4.69) is 20.6 Å². The SMILES string of the molecule is C[C@H]1[C@H]([Si](C)(C)F)[C@@H](CC(=O)N2CCC[C@H]2CO)O[C@]12C(=O)N(Cc1ccc(NC(=O)Cc3c[nH]c4ccccc34)cc1)c1ccc(NC(=O)Cc3c[nH]c4ccccc34)cc12. The number of hydrogen-bond acceptors (Lipinski definition) is 6. The Balaban J connectivity index is 1.00. The molecule has 5 N–H and O–H groups in total. The van der Waals surface area contributed by atoms with Gasteiger partial charge in [0, 0.05) is 69.1 Å². The van der Waals surface area contributed by atoms with Gasteiger partial charge >= 0.3 is 0 Å². The number of amides is 4. The number of carbonyl (C=O) groups is 4. The number of aliphatic hydroxyl groups is 1.